The van der Waals surface area contributed by atoms with Gasteiger partial charge in [-0.25, -0.2) is 9.78 Å². The Morgan fingerprint density at radius 3 is 2.80 bits per heavy atom. The predicted molar refractivity (Wildman–Crippen MR) is 77.4 cm³/mol. The van der Waals surface area contributed by atoms with Crippen molar-refractivity contribution in [3.05, 3.63) is 18.2 Å². The number of aromatic nitrogens is 2. The van der Waals surface area contributed by atoms with E-state index in [9.17, 15) is 4.79 Å². The molecule has 5 nitrogen and oxygen atoms in total. The molecule has 1 aliphatic rings. The Bertz CT molecular complexity index is 436. The van der Waals surface area contributed by atoms with Crippen LogP contribution in [0.5, 0.6) is 0 Å². The molecule has 1 atom stereocenters. The molecular weight excluding hydrogens is 254 g/mol. The molecule has 0 aliphatic heterocycles. The molecule has 1 aliphatic carbocycles. The lowest BCUT2D eigenvalue weighted by Crippen LogP contribution is -2.37. The van der Waals surface area contributed by atoms with Gasteiger partial charge in [-0.15, -0.1) is 0 Å². The summed E-state index contributed by atoms with van der Waals surface area (Å²) in [6, 6.07) is 0.262. The molecule has 1 saturated carbocycles. The number of ether oxygens (including phenoxy) is 1. The fourth-order valence-electron chi connectivity index (χ4n) is 2.80. The second-order valence-corrected chi connectivity index (χ2v) is 5.65. The van der Waals surface area contributed by atoms with E-state index < -0.39 is 6.04 Å². The smallest absolute Gasteiger partial charge is 0.329 e. The minimum Gasteiger partial charge on any atom is -0.465 e. The summed E-state index contributed by atoms with van der Waals surface area (Å²) in [6.45, 7) is 6.41. The van der Waals surface area contributed by atoms with Crippen LogP contribution in [-0.4, -0.2) is 28.2 Å². The lowest BCUT2D eigenvalue weighted by atomic mass is 10.1. The van der Waals surface area contributed by atoms with Crippen molar-refractivity contribution in [2.24, 2.45) is 0 Å². The molecule has 20 heavy (non-hydrogen) atoms. The number of carbonyl (C=O) groups is 1. The molecule has 0 amide bonds. The largest absolute Gasteiger partial charge is 0.465 e. The Morgan fingerprint density at radius 2 is 2.20 bits per heavy atom. The van der Waals surface area contributed by atoms with Crippen LogP contribution in [-0.2, 0) is 9.53 Å². The third-order valence-corrected chi connectivity index (χ3v) is 3.83. The molecule has 5 heteroatoms. The Kier molecular flexibility index (Phi) is 5.17. The average molecular weight is 279 g/mol. The second-order valence-electron chi connectivity index (χ2n) is 5.65. The molecule has 0 bridgehead atoms. The van der Waals surface area contributed by atoms with E-state index >= 15 is 0 Å². The van der Waals surface area contributed by atoms with Crippen LogP contribution in [0, 0.1) is 0 Å². The summed E-state index contributed by atoms with van der Waals surface area (Å²) >= 11 is 0. The first kappa shape index (κ1) is 15.0. The van der Waals surface area contributed by atoms with E-state index in [4.69, 9.17) is 4.74 Å². The van der Waals surface area contributed by atoms with Crippen LogP contribution in [0.15, 0.2) is 12.5 Å². The Balaban J connectivity index is 2.20. The molecular formula is C15H25N3O2. The van der Waals surface area contributed by atoms with Crippen LogP contribution >= 0.6 is 0 Å². The van der Waals surface area contributed by atoms with Gasteiger partial charge in [0, 0.05) is 12.1 Å². The minimum absolute atomic E-state index is 0.207. The number of hydrogen-bond donors (Lipinski definition) is 1. The normalized spacial score (nSPS) is 17.6. The summed E-state index contributed by atoms with van der Waals surface area (Å²) < 4.78 is 7.26. The molecule has 112 valence electrons. The van der Waals surface area contributed by atoms with Crippen molar-refractivity contribution in [3.8, 4) is 0 Å². The van der Waals surface area contributed by atoms with E-state index in [0.717, 1.165) is 18.5 Å². The lowest BCUT2D eigenvalue weighted by Gasteiger charge is -2.23. The monoisotopic (exact) mass is 279 g/mol. The zero-order valence-corrected chi connectivity index (χ0v) is 12.6. The quantitative estimate of drug-likeness (QED) is 0.813. The van der Waals surface area contributed by atoms with Crippen molar-refractivity contribution in [2.75, 3.05) is 6.61 Å². The van der Waals surface area contributed by atoms with Crippen molar-refractivity contribution in [3.63, 3.8) is 0 Å². The van der Waals surface area contributed by atoms with Crippen LogP contribution in [0.1, 0.15) is 64.2 Å². The van der Waals surface area contributed by atoms with Gasteiger partial charge in [0.1, 0.15) is 6.04 Å². The first-order valence-corrected chi connectivity index (χ1v) is 7.58. The summed E-state index contributed by atoms with van der Waals surface area (Å²) in [5.41, 5.74) is 0.894. The Labute approximate surface area is 120 Å². The van der Waals surface area contributed by atoms with Crippen LogP contribution in [0.3, 0.4) is 0 Å². The van der Waals surface area contributed by atoms with Crippen LogP contribution in [0.4, 0.5) is 0 Å². The van der Waals surface area contributed by atoms with Crippen LogP contribution < -0.4 is 5.32 Å². The first-order chi connectivity index (χ1) is 9.63. The highest BCUT2D eigenvalue weighted by atomic mass is 16.5. The molecule has 0 saturated heterocycles. The number of hydrogen-bond acceptors (Lipinski definition) is 4. The van der Waals surface area contributed by atoms with Crippen molar-refractivity contribution in [1.29, 1.82) is 0 Å². The van der Waals surface area contributed by atoms with E-state index in [0.29, 0.717) is 12.6 Å². The standard InChI is InChI=1S/C15H25N3O2/c1-4-20-15(19)14(17-12-7-5-6-8-12)13-9-16-10-18(13)11(2)3/h9-12,14,17H,4-8H2,1-3H3. The van der Waals surface area contributed by atoms with Gasteiger partial charge >= 0.3 is 5.97 Å². The summed E-state index contributed by atoms with van der Waals surface area (Å²) in [4.78, 5) is 16.5. The molecule has 1 N–H and O–H groups in total. The summed E-state index contributed by atoms with van der Waals surface area (Å²) in [5.74, 6) is -0.207. The number of carbonyl (C=O) groups excluding carboxylic acids is 1. The van der Waals surface area contributed by atoms with Crippen molar-refractivity contribution in [1.82, 2.24) is 14.9 Å². The Hall–Kier alpha value is -1.36. The van der Waals surface area contributed by atoms with Crippen molar-refractivity contribution >= 4 is 5.97 Å². The number of nitrogens with one attached hydrogen (secondary N) is 1. The van der Waals surface area contributed by atoms with E-state index in [2.05, 4.69) is 24.1 Å². The fraction of sp³-hybridized carbons (Fsp3) is 0.733. The average Bonchev–Trinajstić information content (AvgIpc) is 3.07. The maximum absolute atomic E-state index is 12.3. The highest BCUT2D eigenvalue weighted by molar-refractivity contribution is 5.77. The second kappa shape index (κ2) is 6.88. The zero-order valence-electron chi connectivity index (χ0n) is 12.6. The van der Waals surface area contributed by atoms with E-state index in [1.807, 2.05) is 11.5 Å². The SMILES string of the molecule is CCOC(=O)C(NC1CCCC1)c1cncn1C(C)C. The minimum atomic E-state index is -0.414. The summed E-state index contributed by atoms with van der Waals surface area (Å²) in [7, 11) is 0. The van der Waals surface area contributed by atoms with Gasteiger partial charge in [-0.2, -0.15) is 0 Å². The summed E-state index contributed by atoms with van der Waals surface area (Å²) in [6.07, 6.45) is 8.27. The zero-order chi connectivity index (χ0) is 14.5. The molecule has 0 spiro atoms. The molecule has 0 aromatic carbocycles. The molecule has 1 aromatic heterocycles. The number of rotatable bonds is 6. The van der Waals surface area contributed by atoms with Crippen molar-refractivity contribution in [2.45, 2.75) is 64.6 Å². The van der Waals surface area contributed by atoms with E-state index in [1.54, 1.807) is 12.5 Å². The molecule has 1 aromatic rings. The molecule has 1 heterocycles. The lowest BCUT2D eigenvalue weighted by molar-refractivity contribution is -0.146. The van der Waals surface area contributed by atoms with E-state index in [1.165, 1.54) is 12.8 Å². The summed E-state index contributed by atoms with van der Waals surface area (Å²) in [5, 5.41) is 3.46. The van der Waals surface area contributed by atoms with Gasteiger partial charge < -0.3 is 9.30 Å². The Morgan fingerprint density at radius 1 is 1.50 bits per heavy atom. The van der Waals surface area contributed by atoms with Gasteiger partial charge in [-0.05, 0) is 33.6 Å². The highest BCUT2D eigenvalue weighted by Crippen LogP contribution is 2.24. The third-order valence-electron chi connectivity index (χ3n) is 3.83. The number of imidazole rings is 1. The van der Waals surface area contributed by atoms with Crippen LogP contribution in [0.2, 0.25) is 0 Å². The highest BCUT2D eigenvalue weighted by Gasteiger charge is 2.29. The van der Waals surface area contributed by atoms with Gasteiger partial charge in [0.05, 0.1) is 24.8 Å². The predicted octanol–water partition coefficient (Wildman–Crippen LogP) is 2.60. The fourth-order valence-corrected chi connectivity index (χ4v) is 2.80. The van der Waals surface area contributed by atoms with E-state index in [-0.39, 0.29) is 12.0 Å². The number of esters is 1. The first-order valence-electron chi connectivity index (χ1n) is 7.58. The molecule has 0 radical (unpaired) electrons. The third kappa shape index (κ3) is 3.39. The van der Waals surface area contributed by atoms with Gasteiger partial charge in [-0.3, -0.25) is 5.32 Å². The molecule has 1 fully saturated rings. The van der Waals surface area contributed by atoms with Gasteiger partial charge in [0.25, 0.3) is 0 Å². The van der Waals surface area contributed by atoms with Gasteiger partial charge in [-0.1, -0.05) is 12.8 Å². The van der Waals surface area contributed by atoms with Gasteiger partial charge in [0.15, 0.2) is 0 Å². The maximum atomic E-state index is 12.3. The maximum Gasteiger partial charge on any atom is 0.329 e. The number of nitrogens with zero attached hydrogens (tertiary/aromatic N) is 2. The van der Waals surface area contributed by atoms with Gasteiger partial charge in [0.2, 0.25) is 0 Å². The van der Waals surface area contributed by atoms with Crippen LogP contribution in [0.25, 0.3) is 0 Å². The molecule has 2 rings (SSSR count). The topological polar surface area (TPSA) is 56.1 Å². The van der Waals surface area contributed by atoms with Crippen molar-refractivity contribution < 1.29 is 9.53 Å². The molecule has 1 unspecified atom stereocenters.